The van der Waals surface area contributed by atoms with Crippen LogP contribution in [0.25, 0.3) is 0 Å². The summed E-state index contributed by atoms with van der Waals surface area (Å²) in [6.07, 6.45) is 4.31. The Bertz CT molecular complexity index is 981. The fraction of sp³-hybridized carbons (Fsp3) is 0.533. The van der Waals surface area contributed by atoms with E-state index in [0.29, 0.717) is 31.5 Å². The molecule has 2 aromatic rings. The van der Waals surface area contributed by atoms with Gasteiger partial charge in [-0.1, -0.05) is 42.5 Å². The fourth-order valence-corrected chi connectivity index (χ4v) is 5.53. The third kappa shape index (κ3) is 7.48. The van der Waals surface area contributed by atoms with Crippen molar-refractivity contribution >= 4 is 12.1 Å². The first-order valence-electron chi connectivity index (χ1n) is 13.6. The quantitative estimate of drug-likeness (QED) is 0.431. The molecule has 200 valence electrons. The van der Waals surface area contributed by atoms with Crippen LogP contribution in [0.15, 0.2) is 54.6 Å². The molecule has 0 bridgehead atoms. The lowest BCUT2D eigenvalue weighted by atomic mass is 9.86. The Labute approximate surface area is 220 Å². The molecule has 2 saturated heterocycles. The molecule has 0 saturated carbocycles. The van der Waals surface area contributed by atoms with E-state index in [1.807, 2.05) is 49.4 Å². The number of hydrogen-bond donors (Lipinski definition) is 0. The minimum Gasteiger partial charge on any atom is -0.497 e. The van der Waals surface area contributed by atoms with Crippen molar-refractivity contribution in [1.82, 2.24) is 9.80 Å². The molecule has 4 rings (SSSR count). The summed E-state index contributed by atoms with van der Waals surface area (Å²) in [5, 5.41) is 0. The van der Waals surface area contributed by atoms with Gasteiger partial charge in [0.25, 0.3) is 0 Å². The minimum atomic E-state index is -0.259. The van der Waals surface area contributed by atoms with Crippen LogP contribution in [0.1, 0.15) is 56.1 Å². The number of carbonyl (C=O) groups excluding carboxylic acids is 2. The maximum absolute atomic E-state index is 13.0. The van der Waals surface area contributed by atoms with Gasteiger partial charge in [0.2, 0.25) is 0 Å². The summed E-state index contributed by atoms with van der Waals surface area (Å²) < 4.78 is 16.3. The maximum atomic E-state index is 13.0. The highest BCUT2D eigenvalue weighted by atomic mass is 16.6. The van der Waals surface area contributed by atoms with Gasteiger partial charge < -0.3 is 19.1 Å². The number of piperidine rings is 2. The molecular formula is C30H40N2O5. The molecule has 1 unspecified atom stereocenters. The molecule has 0 radical (unpaired) electrons. The van der Waals surface area contributed by atoms with Gasteiger partial charge in [-0.15, -0.1) is 0 Å². The van der Waals surface area contributed by atoms with E-state index >= 15 is 0 Å². The predicted octanol–water partition coefficient (Wildman–Crippen LogP) is 5.25. The summed E-state index contributed by atoms with van der Waals surface area (Å²) in [6.45, 7) is 5.63. The third-order valence-corrected chi connectivity index (χ3v) is 7.75. The summed E-state index contributed by atoms with van der Waals surface area (Å²) in [7, 11) is 1.69. The summed E-state index contributed by atoms with van der Waals surface area (Å²) >= 11 is 0. The van der Waals surface area contributed by atoms with Crippen molar-refractivity contribution in [2.45, 2.75) is 57.6 Å². The second-order valence-corrected chi connectivity index (χ2v) is 10.1. The van der Waals surface area contributed by atoms with Crippen LogP contribution in [-0.4, -0.2) is 67.8 Å². The van der Waals surface area contributed by atoms with Gasteiger partial charge in [-0.2, -0.15) is 0 Å². The van der Waals surface area contributed by atoms with Crippen LogP contribution in [0.5, 0.6) is 5.75 Å². The van der Waals surface area contributed by atoms with Gasteiger partial charge in [-0.25, -0.2) is 4.79 Å². The van der Waals surface area contributed by atoms with Gasteiger partial charge in [-0.3, -0.25) is 9.69 Å². The molecular weight excluding hydrogens is 468 g/mol. The average molecular weight is 509 g/mol. The van der Waals surface area contributed by atoms with Crippen molar-refractivity contribution < 1.29 is 23.8 Å². The van der Waals surface area contributed by atoms with Crippen LogP contribution in [0.2, 0.25) is 0 Å². The summed E-state index contributed by atoms with van der Waals surface area (Å²) in [6, 6.07) is 17.9. The fourth-order valence-electron chi connectivity index (χ4n) is 5.53. The van der Waals surface area contributed by atoms with Gasteiger partial charge >= 0.3 is 12.1 Å². The van der Waals surface area contributed by atoms with E-state index in [2.05, 4.69) is 17.0 Å². The molecule has 0 aromatic heterocycles. The molecule has 2 aliphatic rings. The van der Waals surface area contributed by atoms with E-state index in [1.165, 1.54) is 5.56 Å². The van der Waals surface area contributed by atoms with Crippen LogP contribution in [0.3, 0.4) is 0 Å². The van der Waals surface area contributed by atoms with Crippen LogP contribution < -0.4 is 4.74 Å². The molecule has 2 heterocycles. The largest absolute Gasteiger partial charge is 0.497 e. The number of nitrogens with zero attached hydrogens (tertiary/aromatic N) is 2. The zero-order chi connectivity index (χ0) is 26.0. The van der Waals surface area contributed by atoms with Crippen LogP contribution in [0.4, 0.5) is 4.79 Å². The second-order valence-electron chi connectivity index (χ2n) is 10.1. The van der Waals surface area contributed by atoms with Crippen molar-refractivity contribution in [2.75, 3.05) is 39.9 Å². The number of ether oxygens (including phenoxy) is 3. The number of esters is 1. The molecule has 0 N–H and O–H groups in total. The van der Waals surface area contributed by atoms with E-state index in [0.717, 1.165) is 56.5 Å². The lowest BCUT2D eigenvalue weighted by molar-refractivity contribution is -0.151. The van der Waals surface area contributed by atoms with E-state index in [9.17, 15) is 9.59 Å². The molecule has 2 fully saturated rings. The first-order chi connectivity index (χ1) is 18.1. The van der Waals surface area contributed by atoms with Gasteiger partial charge in [0.15, 0.2) is 0 Å². The second kappa shape index (κ2) is 13.5. The smallest absolute Gasteiger partial charge is 0.410 e. The maximum Gasteiger partial charge on any atom is 0.410 e. The zero-order valence-corrected chi connectivity index (χ0v) is 22.1. The first kappa shape index (κ1) is 27.0. The molecule has 2 aliphatic heterocycles. The highest BCUT2D eigenvalue weighted by molar-refractivity contribution is 5.75. The number of rotatable bonds is 9. The van der Waals surface area contributed by atoms with Crippen LogP contribution >= 0.6 is 0 Å². The summed E-state index contributed by atoms with van der Waals surface area (Å²) in [5.74, 6) is 1.64. The number of amides is 1. The topological polar surface area (TPSA) is 68.3 Å². The average Bonchev–Trinajstić information content (AvgIpc) is 2.96. The van der Waals surface area contributed by atoms with Crippen LogP contribution in [0, 0.1) is 5.92 Å². The standard InChI is InChI=1S/C30H40N2O5/c1-3-36-29(33)28(31-19-15-26(16-20-31)25-9-11-27(35-2)12-10-25)21-23-13-17-32(18-14-23)30(34)37-22-24-7-5-4-6-8-24/h4-12,23,26,28H,3,13-22H2,1-2H3. The molecule has 0 spiro atoms. The van der Waals surface area contributed by atoms with E-state index in [4.69, 9.17) is 14.2 Å². The summed E-state index contributed by atoms with van der Waals surface area (Å²) in [4.78, 5) is 29.6. The Kier molecular flexibility index (Phi) is 9.83. The number of methoxy groups -OCH3 is 1. The van der Waals surface area contributed by atoms with Gasteiger partial charge in [0, 0.05) is 13.1 Å². The van der Waals surface area contributed by atoms with Crippen molar-refractivity contribution in [3.05, 3.63) is 65.7 Å². The van der Waals surface area contributed by atoms with Gasteiger partial charge in [-0.05, 0) is 87.2 Å². The Morgan fingerprint density at radius 2 is 1.57 bits per heavy atom. The molecule has 1 atom stereocenters. The lowest BCUT2D eigenvalue weighted by Crippen LogP contribution is -2.48. The van der Waals surface area contributed by atoms with E-state index < -0.39 is 0 Å². The molecule has 7 heteroatoms. The normalized spacial score (nSPS) is 18.3. The molecule has 0 aliphatic carbocycles. The lowest BCUT2D eigenvalue weighted by Gasteiger charge is -2.39. The van der Waals surface area contributed by atoms with Crippen molar-refractivity contribution in [1.29, 1.82) is 0 Å². The predicted molar refractivity (Wildman–Crippen MR) is 143 cm³/mol. The Balaban J connectivity index is 1.27. The monoisotopic (exact) mass is 508 g/mol. The van der Waals surface area contributed by atoms with Gasteiger partial charge in [0.05, 0.1) is 13.7 Å². The first-order valence-corrected chi connectivity index (χ1v) is 13.6. The van der Waals surface area contributed by atoms with Crippen LogP contribution in [-0.2, 0) is 20.9 Å². The summed E-state index contributed by atoms with van der Waals surface area (Å²) in [5.41, 5.74) is 2.32. The SMILES string of the molecule is CCOC(=O)C(CC1CCN(C(=O)OCc2ccccc2)CC1)N1CCC(c2ccc(OC)cc2)CC1. The Morgan fingerprint density at radius 1 is 0.892 bits per heavy atom. The Hall–Kier alpha value is -3.06. The third-order valence-electron chi connectivity index (χ3n) is 7.75. The van der Waals surface area contributed by atoms with Crippen molar-refractivity contribution in [3.8, 4) is 5.75 Å². The highest BCUT2D eigenvalue weighted by Gasteiger charge is 2.34. The number of hydrogen-bond acceptors (Lipinski definition) is 6. The van der Waals surface area contributed by atoms with E-state index in [1.54, 1.807) is 12.0 Å². The number of likely N-dealkylation sites (tertiary alicyclic amines) is 2. The van der Waals surface area contributed by atoms with Crippen molar-refractivity contribution in [3.63, 3.8) is 0 Å². The molecule has 7 nitrogen and oxygen atoms in total. The van der Waals surface area contributed by atoms with Gasteiger partial charge in [0.1, 0.15) is 18.4 Å². The molecule has 1 amide bonds. The number of carbonyl (C=O) groups is 2. The molecule has 37 heavy (non-hydrogen) atoms. The van der Waals surface area contributed by atoms with Crippen molar-refractivity contribution in [2.24, 2.45) is 5.92 Å². The van der Waals surface area contributed by atoms with E-state index in [-0.39, 0.29) is 24.7 Å². The molecule has 2 aromatic carbocycles. The minimum absolute atomic E-state index is 0.116. The number of benzene rings is 2. The highest BCUT2D eigenvalue weighted by Crippen LogP contribution is 2.32. The Morgan fingerprint density at radius 3 is 2.19 bits per heavy atom. The zero-order valence-electron chi connectivity index (χ0n) is 22.1.